The van der Waals surface area contributed by atoms with Crippen LogP contribution in [0, 0.1) is 6.92 Å². The van der Waals surface area contributed by atoms with Crippen molar-refractivity contribution in [3.63, 3.8) is 0 Å². The van der Waals surface area contributed by atoms with Crippen LogP contribution in [-0.4, -0.2) is 30.4 Å². The highest BCUT2D eigenvalue weighted by Crippen LogP contribution is 2.21. The second-order valence-electron chi connectivity index (χ2n) is 4.73. The molecule has 0 bridgehead atoms. The number of anilines is 2. The Labute approximate surface area is 102 Å². The Morgan fingerprint density at radius 3 is 2.88 bits per heavy atom. The van der Waals surface area contributed by atoms with Gasteiger partial charge in [0.15, 0.2) is 0 Å². The summed E-state index contributed by atoms with van der Waals surface area (Å²) in [6, 6.07) is 6.19. The van der Waals surface area contributed by atoms with E-state index in [4.69, 9.17) is 5.73 Å². The minimum Gasteiger partial charge on any atom is -0.399 e. The van der Waals surface area contributed by atoms with Crippen molar-refractivity contribution < 1.29 is 4.79 Å². The zero-order chi connectivity index (χ0) is 12.4. The molecule has 4 heteroatoms. The molecule has 4 nitrogen and oxygen atoms in total. The van der Waals surface area contributed by atoms with E-state index in [2.05, 4.69) is 5.32 Å². The molecule has 1 aliphatic rings. The number of carbonyl (C=O) groups excluding carboxylic acids is 1. The first-order valence-electron chi connectivity index (χ1n) is 5.93. The standard InChI is InChI=1S/C13H19N3O/c1-9-7-10(14)3-5-12(9)15-11-4-6-13(17)16(2)8-11/h3,5,7,11,15H,4,6,8,14H2,1-2H3. The number of likely N-dealkylation sites (tertiary alicyclic amines) is 1. The molecular formula is C13H19N3O. The number of aryl methyl sites for hydroxylation is 1. The van der Waals surface area contributed by atoms with Crippen LogP contribution in [0.15, 0.2) is 18.2 Å². The summed E-state index contributed by atoms with van der Waals surface area (Å²) in [6.45, 7) is 2.80. The van der Waals surface area contributed by atoms with Crippen LogP contribution in [0.2, 0.25) is 0 Å². The molecule has 1 unspecified atom stereocenters. The van der Waals surface area contributed by atoms with Gasteiger partial charge in [-0.1, -0.05) is 0 Å². The molecule has 1 amide bonds. The molecule has 1 aliphatic heterocycles. The fraction of sp³-hybridized carbons (Fsp3) is 0.462. The molecular weight excluding hydrogens is 214 g/mol. The van der Waals surface area contributed by atoms with E-state index >= 15 is 0 Å². The molecule has 17 heavy (non-hydrogen) atoms. The van der Waals surface area contributed by atoms with Gasteiger partial charge in [0.1, 0.15) is 0 Å². The smallest absolute Gasteiger partial charge is 0.222 e. The second kappa shape index (κ2) is 4.65. The summed E-state index contributed by atoms with van der Waals surface area (Å²) in [4.78, 5) is 13.2. The summed E-state index contributed by atoms with van der Waals surface area (Å²) in [5.41, 5.74) is 8.75. The molecule has 2 rings (SSSR count). The molecule has 0 radical (unpaired) electrons. The van der Waals surface area contributed by atoms with Crippen molar-refractivity contribution in [3.05, 3.63) is 23.8 Å². The lowest BCUT2D eigenvalue weighted by atomic mass is 10.0. The number of hydrogen-bond acceptors (Lipinski definition) is 3. The fourth-order valence-electron chi connectivity index (χ4n) is 2.20. The van der Waals surface area contributed by atoms with E-state index in [0.29, 0.717) is 12.5 Å². The lowest BCUT2D eigenvalue weighted by Gasteiger charge is -2.31. The van der Waals surface area contributed by atoms with E-state index in [-0.39, 0.29) is 5.91 Å². The van der Waals surface area contributed by atoms with Gasteiger partial charge in [-0.3, -0.25) is 4.79 Å². The minimum atomic E-state index is 0.233. The van der Waals surface area contributed by atoms with Gasteiger partial charge in [0.25, 0.3) is 0 Å². The molecule has 1 atom stereocenters. The first-order chi connectivity index (χ1) is 8.06. The van der Waals surface area contributed by atoms with Gasteiger partial charge < -0.3 is 16.0 Å². The zero-order valence-corrected chi connectivity index (χ0v) is 10.4. The van der Waals surface area contributed by atoms with Gasteiger partial charge in [-0.25, -0.2) is 0 Å². The van der Waals surface area contributed by atoms with Gasteiger partial charge in [0.05, 0.1) is 0 Å². The van der Waals surface area contributed by atoms with Gasteiger partial charge in [-0.2, -0.15) is 0 Å². The van der Waals surface area contributed by atoms with Crippen molar-refractivity contribution in [1.29, 1.82) is 0 Å². The van der Waals surface area contributed by atoms with Crippen LogP contribution >= 0.6 is 0 Å². The molecule has 0 aromatic heterocycles. The van der Waals surface area contributed by atoms with Crippen molar-refractivity contribution in [2.45, 2.75) is 25.8 Å². The van der Waals surface area contributed by atoms with Crippen molar-refractivity contribution in [2.75, 3.05) is 24.6 Å². The number of hydrogen-bond donors (Lipinski definition) is 2. The largest absolute Gasteiger partial charge is 0.399 e. The number of rotatable bonds is 2. The third-order valence-corrected chi connectivity index (χ3v) is 3.24. The predicted octanol–water partition coefficient (Wildman–Crippen LogP) is 1.61. The highest BCUT2D eigenvalue weighted by molar-refractivity contribution is 5.77. The van der Waals surface area contributed by atoms with Crippen LogP contribution in [0.25, 0.3) is 0 Å². The third kappa shape index (κ3) is 2.70. The van der Waals surface area contributed by atoms with Crippen molar-refractivity contribution in [2.24, 2.45) is 0 Å². The van der Waals surface area contributed by atoms with Crippen molar-refractivity contribution >= 4 is 17.3 Å². The molecule has 0 saturated carbocycles. The Hall–Kier alpha value is -1.71. The minimum absolute atomic E-state index is 0.233. The number of piperidine rings is 1. The van der Waals surface area contributed by atoms with Crippen LogP contribution < -0.4 is 11.1 Å². The van der Waals surface area contributed by atoms with E-state index in [1.54, 1.807) is 4.90 Å². The number of carbonyl (C=O) groups is 1. The summed E-state index contributed by atoms with van der Waals surface area (Å²) in [5, 5.41) is 3.48. The topological polar surface area (TPSA) is 58.4 Å². The highest BCUT2D eigenvalue weighted by atomic mass is 16.2. The lowest BCUT2D eigenvalue weighted by Crippen LogP contribution is -2.43. The average molecular weight is 233 g/mol. The Kier molecular flexibility index (Phi) is 3.22. The maximum absolute atomic E-state index is 11.4. The Bertz CT molecular complexity index is 431. The normalized spacial score (nSPS) is 20.5. The van der Waals surface area contributed by atoms with Gasteiger partial charge in [-0.15, -0.1) is 0 Å². The van der Waals surface area contributed by atoms with Crippen molar-refractivity contribution in [1.82, 2.24) is 4.90 Å². The van der Waals surface area contributed by atoms with Gasteiger partial charge in [0.2, 0.25) is 5.91 Å². The molecule has 1 fully saturated rings. The lowest BCUT2D eigenvalue weighted by molar-refractivity contribution is -0.132. The van der Waals surface area contributed by atoms with Crippen LogP contribution in [-0.2, 0) is 4.79 Å². The summed E-state index contributed by atoms with van der Waals surface area (Å²) < 4.78 is 0. The molecule has 92 valence electrons. The van der Waals surface area contributed by atoms with Crippen LogP contribution in [0.3, 0.4) is 0 Å². The molecule has 0 spiro atoms. The second-order valence-corrected chi connectivity index (χ2v) is 4.73. The molecule has 3 N–H and O–H groups in total. The maximum atomic E-state index is 11.4. The van der Waals surface area contributed by atoms with E-state index in [1.165, 1.54) is 0 Å². The van der Waals surface area contributed by atoms with E-state index < -0.39 is 0 Å². The quantitative estimate of drug-likeness (QED) is 0.763. The van der Waals surface area contributed by atoms with E-state index in [0.717, 1.165) is 29.9 Å². The summed E-state index contributed by atoms with van der Waals surface area (Å²) >= 11 is 0. The molecule has 1 saturated heterocycles. The monoisotopic (exact) mass is 233 g/mol. The average Bonchev–Trinajstić information content (AvgIpc) is 2.27. The molecule has 1 aromatic rings. The SMILES string of the molecule is Cc1cc(N)ccc1NC1CCC(=O)N(C)C1. The van der Waals surface area contributed by atoms with E-state index in [9.17, 15) is 4.79 Å². The van der Waals surface area contributed by atoms with Crippen LogP contribution in [0.4, 0.5) is 11.4 Å². The number of benzene rings is 1. The summed E-state index contributed by atoms with van der Waals surface area (Å²) in [6.07, 6.45) is 1.52. The summed E-state index contributed by atoms with van der Waals surface area (Å²) in [5.74, 6) is 0.233. The fourth-order valence-corrected chi connectivity index (χ4v) is 2.20. The van der Waals surface area contributed by atoms with Gasteiger partial charge in [0, 0.05) is 37.4 Å². The maximum Gasteiger partial charge on any atom is 0.222 e. The van der Waals surface area contributed by atoms with E-state index in [1.807, 2.05) is 32.2 Å². The third-order valence-electron chi connectivity index (χ3n) is 3.24. The zero-order valence-electron chi connectivity index (χ0n) is 10.4. The molecule has 0 aliphatic carbocycles. The number of nitrogens with one attached hydrogen (secondary N) is 1. The Balaban J connectivity index is 2.03. The van der Waals surface area contributed by atoms with Gasteiger partial charge >= 0.3 is 0 Å². The number of nitrogen functional groups attached to an aromatic ring is 1. The summed E-state index contributed by atoms with van der Waals surface area (Å²) in [7, 11) is 1.85. The van der Waals surface area contributed by atoms with Gasteiger partial charge in [-0.05, 0) is 37.1 Å². The first kappa shape index (κ1) is 11.8. The number of nitrogens with two attached hydrogens (primary N) is 1. The predicted molar refractivity (Wildman–Crippen MR) is 69.9 cm³/mol. The Morgan fingerprint density at radius 1 is 1.47 bits per heavy atom. The first-order valence-corrected chi connectivity index (χ1v) is 5.93. The molecule has 1 heterocycles. The number of amides is 1. The van der Waals surface area contributed by atoms with Crippen LogP contribution in [0.5, 0.6) is 0 Å². The number of likely N-dealkylation sites (N-methyl/N-ethyl adjacent to an activating group) is 1. The highest BCUT2D eigenvalue weighted by Gasteiger charge is 2.22. The van der Waals surface area contributed by atoms with Crippen molar-refractivity contribution in [3.8, 4) is 0 Å². The Morgan fingerprint density at radius 2 is 2.24 bits per heavy atom. The van der Waals surface area contributed by atoms with Crippen LogP contribution in [0.1, 0.15) is 18.4 Å². The molecule has 1 aromatic carbocycles. The number of nitrogens with zero attached hydrogens (tertiary/aromatic N) is 1.